The number of nitrogens with one attached hydrogen (secondary N) is 3. The lowest BCUT2D eigenvalue weighted by Crippen LogP contribution is -2.67. The van der Waals surface area contributed by atoms with Crippen LogP contribution in [0.5, 0.6) is 0 Å². The maximum absolute atomic E-state index is 11.6. The second-order valence-corrected chi connectivity index (χ2v) is 8.61. The minimum Gasteiger partial charge on any atom is -0.378 e. The lowest BCUT2D eigenvalue weighted by molar-refractivity contribution is -0.145. The van der Waals surface area contributed by atoms with E-state index in [9.17, 15) is 4.79 Å². The summed E-state index contributed by atoms with van der Waals surface area (Å²) in [5.41, 5.74) is 0.294. The molecule has 1 heterocycles. The number of carbonyl (C=O) groups excluding carboxylic acids is 1. The van der Waals surface area contributed by atoms with E-state index >= 15 is 0 Å². The molecule has 0 bridgehead atoms. The number of likely N-dealkylation sites (N-methyl/N-ethyl adjacent to an activating group) is 1. The molecule has 3 rings (SSSR count). The van der Waals surface area contributed by atoms with Gasteiger partial charge in [-0.25, -0.2) is 0 Å². The van der Waals surface area contributed by atoms with Crippen LogP contribution >= 0.6 is 0 Å². The summed E-state index contributed by atoms with van der Waals surface area (Å²) in [7, 11) is 3.56. The highest BCUT2D eigenvalue weighted by atomic mass is 16.5. The van der Waals surface area contributed by atoms with Crippen LogP contribution in [0.3, 0.4) is 0 Å². The molecule has 1 aliphatic heterocycles. The Morgan fingerprint density at radius 3 is 2.50 bits per heavy atom. The van der Waals surface area contributed by atoms with Crippen molar-refractivity contribution >= 4 is 11.9 Å². The fourth-order valence-electron chi connectivity index (χ4n) is 5.31. The van der Waals surface area contributed by atoms with Gasteiger partial charge in [0.2, 0.25) is 5.91 Å². The first-order valence-corrected chi connectivity index (χ1v) is 11.2. The van der Waals surface area contributed by atoms with Crippen LogP contribution in [0.2, 0.25) is 0 Å². The van der Waals surface area contributed by atoms with Gasteiger partial charge in [-0.3, -0.25) is 14.7 Å². The Hall–Kier alpha value is -1.34. The summed E-state index contributed by atoms with van der Waals surface area (Å²) in [4.78, 5) is 18.3. The average Bonchev–Trinajstić information content (AvgIpc) is 2.74. The largest absolute Gasteiger partial charge is 0.378 e. The van der Waals surface area contributed by atoms with Gasteiger partial charge in [-0.2, -0.15) is 0 Å². The Kier molecular flexibility index (Phi) is 7.57. The first-order valence-electron chi connectivity index (χ1n) is 11.2. The van der Waals surface area contributed by atoms with E-state index in [-0.39, 0.29) is 5.91 Å². The molecule has 160 valence electrons. The van der Waals surface area contributed by atoms with Crippen molar-refractivity contribution in [3.8, 4) is 0 Å². The Morgan fingerprint density at radius 1 is 1.18 bits per heavy atom. The summed E-state index contributed by atoms with van der Waals surface area (Å²) in [6.07, 6.45) is 10.1. The number of nitrogens with zero attached hydrogens (tertiary/aromatic N) is 2. The van der Waals surface area contributed by atoms with Crippen LogP contribution in [0, 0.1) is 5.41 Å². The fourth-order valence-corrected chi connectivity index (χ4v) is 5.31. The minimum atomic E-state index is 0.0931. The molecule has 0 aromatic carbocycles. The van der Waals surface area contributed by atoms with Gasteiger partial charge in [0, 0.05) is 51.3 Å². The predicted molar refractivity (Wildman–Crippen MR) is 112 cm³/mol. The summed E-state index contributed by atoms with van der Waals surface area (Å²) in [6, 6.07) is 0.876. The van der Waals surface area contributed by atoms with E-state index in [1.165, 1.54) is 32.1 Å². The molecule has 3 fully saturated rings. The molecule has 28 heavy (non-hydrogen) atoms. The topological polar surface area (TPSA) is 78.0 Å². The summed E-state index contributed by atoms with van der Waals surface area (Å²) in [6.45, 7) is 5.30. The van der Waals surface area contributed by atoms with Gasteiger partial charge in [0.25, 0.3) is 0 Å². The quantitative estimate of drug-likeness (QED) is 0.471. The molecule has 2 atom stereocenters. The second-order valence-electron chi connectivity index (χ2n) is 8.61. The monoisotopic (exact) mass is 393 g/mol. The van der Waals surface area contributed by atoms with Gasteiger partial charge >= 0.3 is 0 Å². The van der Waals surface area contributed by atoms with Gasteiger partial charge in [-0.1, -0.05) is 19.3 Å². The number of likely N-dealkylation sites (tertiary alicyclic amines) is 1. The van der Waals surface area contributed by atoms with Crippen molar-refractivity contribution < 1.29 is 9.53 Å². The third-order valence-corrected chi connectivity index (χ3v) is 7.05. The number of hydrogen-bond donors (Lipinski definition) is 3. The van der Waals surface area contributed by atoms with Crippen molar-refractivity contribution in [2.45, 2.75) is 76.5 Å². The first-order chi connectivity index (χ1) is 13.6. The molecular weight excluding hydrogens is 354 g/mol. The number of ether oxygens (including phenoxy) is 1. The lowest BCUT2D eigenvalue weighted by atomic mass is 9.55. The van der Waals surface area contributed by atoms with Crippen LogP contribution in [-0.4, -0.2) is 75.3 Å². The highest BCUT2D eigenvalue weighted by molar-refractivity contribution is 5.80. The van der Waals surface area contributed by atoms with Crippen molar-refractivity contribution in [3.63, 3.8) is 0 Å². The minimum absolute atomic E-state index is 0.0931. The maximum atomic E-state index is 11.6. The van der Waals surface area contributed by atoms with Crippen LogP contribution in [0.15, 0.2) is 4.99 Å². The molecule has 2 aliphatic carbocycles. The van der Waals surface area contributed by atoms with Gasteiger partial charge in [0.15, 0.2) is 5.96 Å². The van der Waals surface area contributed by atoms with Crippen molar-refractivity contribution in [2.75, 3.05) is 40.3 Å². The van der Waals surface area contributed by atoms with E-state index in [4.69, 9.17) is 4.74 Å². The van der Waals surface area contributed by atoms with Crippen LogP contribution in [-0.2, 0) is 9.53 Å². The van der Waals surface area contributed by atoms with Gasteiger partial charge in [-0.15, -0.1) is 0 Å². The number of hydrogen-bond acceptors (Lipinski definition) is 4. The molecule has 1 spiro atoms. The van der Waals surface area contributed by atoms with E-state index < -0.39 is 0 Å². The van der Waals surface area contributed by atoms with Gasteiger partial charge in [0.1, 0.15) is 0 Å². The number of guanidine groups is 1. The Labute approximate surface area is 170 Å². The molecule has 2 unspecified atom stereocenters. The highest BCUT2D eigenvalue weighted by Crippen LogP contribution is 2.53. The molecule has 0 radical (unpaired) electrons. The van der Waals surface area contributed by atoms with Crippen molar-refractivity contribution in [1.29, 1.82) is 0 Å². The van der Waals surface area contributed by atoms with Crippen molar-refractivity contribution in [3.05, 3.63) is 0 Å². The predicted octanol–water partition coefficient (Wildman–Crippen LogP) is 1.49. The molecule has 7 nitrogen and oxygen atoms in total. The molecule has 0 aromatic rings. The number of carbonyl (C=O) groups is 1. The van der Waals surface area contributed by atoms with E-state index in [0.29, 0.717) is 30.1 Å². The molecule has 0 aromatic heterocycles. The zero-order valence-electron chi connectivity index (χ0n) is 17.9. The lowest BCUT2D eigenvalue weighted by Gasteiger charge is -2.58. The summed E-state index contributed by atoms with van der Waals surface area (Å²) in [5.74, 6) is 1.02. The van der Waals surface area contributed by atoms with Crippen LogP contribution in [0.1, 0.15) is 58.3 Å². The maximum Gasteiger partial charge on any atom is 0.233 e. The fraction of sp³-hybridized carbons (Fsp3) is 0.905. The van der Waals surface area contributed by atoms with Crippen LogP contribution in [0.25, 0.3) is 0 Å². The third-order valence-electron chi connectivity index (χ3n) is 7.05. The molecule has 1 saturated heterocycles. The van der Waals surface area contributed by atoms with E-state index in [0.717, 1.165) is 44.9 Å². The molecule has 7 heteroatoms. The van der Waals surface area contributed by atoms with Crippen LogP contribution < -0.4 is 16.0 Å². The number of rotatable bonds is 6. The summed E-state index contributed by atoms with van der Waals surface area (Å²) >= 11 is 0. The normalized spacial score (nSPS) is 28.6. The Balaban J connectivity index is 1.49. The third kappa shape index (κ3) is 4.79. The summed E-state index contributed by atoms with van der Waals surface area (Å²) < 4.78 is 6.08. The number of piperidine rings is 1. The Bertz CT molecular complexity index is 539. The van der Waals surface area contributed by atoms with Gasteiger partial charge < -0.3 is 20.7 Å². The van der Waals surface area contributed by atoms with E-state index in [1.54, 1.807) is 7.05 Å². The number of amides is 1. The first kappa shape index (κ1) is 21.4. The van der Waals surface area contributed by atoms with Crippen molar-refractivity contribution in [1.82, 2.24) is 20.9 Å². The molecule has 1 amide bonds. The zero-order chi connectivity index (χ0) is 20.0. The summed E-state index contributed by atoms with van der Waals surface area (Å²) in [5, 5.41) is 10.1. The molecule has 2 saturated carbocycles. The average molecular weight is 394 g/mol. The van der Waals surface area contributed by atoms with Crippen LogP contribution in [0.4, 0.5) is 0 Å². The van der Waals surface area contributed by atoms with Crippen molar-refractivity contribution in [2.24, 2.45) is 10.4 Å². The smallest absolute Gasteiger partial charge is 0.233 e. The molecule has 3 N–H and O–H groups in total. The zero-order valence-corrected chi connectivity index (χ0v) is 17.9. The second kappa shape index (κ2) is 9.92. The SMILES string of the molecule is CCOC1CC(NC(=NC)NC2CCN(CC(=O)NC)CC2)C12CCCCC2. The van der Waals surface area contributed by atoms with E-state index in [1.807, 2.05) is 7.05 Å². The molecule has 3 aliphatic rings. The van der Waals surface area contributed by atoms with Gasteiger partial charge in [-0.05, 0) is 39.0 Å². The van der Waals surface area contributed by atoms with E-state index in [2.05, 4.69) is 32.8 Å². The van der Waals surface area contributed by atoms with Gasteiger partial charge in [0.05, 0.1) is 12.6 Å². The molecular formula is C21H39N5O2. The Morgan fingerprint density at radius 2 is 1.89 bits per heavy atom. The highest BCUT2D eigenvalue weighted by Gasteiger charge is 2.55. The number of aliphatic imine (C=N–C) groups is 1. The standard InChI is InChI=1S/C21H39N5O2/c1-4-28-18-14-17(21(18)10-6-5-7-11-21)25-20(23-3)24-16-8-12-26(13-9-16)15-19(27)22-2/h16-18H,4-15H2,1-3H3,(H,22,27)(H2,23,24,25).